The highest BCUT2D eigenvalue weighted by atomic mass is 32.2. The predicted octanol–water partition coefficient (Wildman–Crippen LogP) is 4.66. The Bertz CT molecular complexity index is 1160. The zero-order valence-electron chi connectivity index (χ0n) is 18.9. The smallest absolute Gasteiger partial charge is 0.335 e. The molecule has 3 aliphatic heterocycles. The van der Waals surface area contributed by atoms with Crippen LogP contribution in [0.4, 0.5) is 5.69 Å². The first-order valence-corrected chi connectivity index (χ1v) is 13.9. The number of ether oxygens (including phenoxy) is 2. The van der Waals surface area contributed by atoms with Gasteiger partial charge in [0.1, 0.15) is 0 Å². The fourth-order valence-electron chi connectivity index (χ4n) is 4.11. The second-order valence-corrected chi connectivity index (χ2v) is 12.5. The van der Waals surface area contributed by atoms with E-state index in [4.69, 9.17) is 18.5 Å². The number of hydrogen-bond donors (Lipinski definition) is 1. The summed E-state index contributed by atoms with van der Waals surface area (Å²) in [6.45, 7) is 4.79. The van der Waals surface area contributed by atoms with Crippen LogP contribution in [0.15, 0.2) is 36.4 Å². The van der Waals surface area contributed by atoms with Gasteiger partial charge in [-0.15, -0.1) is 11.8 Å². The monoisotopic (exact) mass is 503 g/mol. The van der Waals surface area contributed by atoms with Gasteiger partial charge in [0.15, 0.2) is 17.3 Å². The minimum Gasteiger partial charge on any atom is -0.454 e. The van der Waals surface area contributed by atoms with Crippen molar-refractivity contribution in [2.75, 3.05) is 25.3 Å². The Hall–Kier alpha value is -2.32. The van der Waals surface area contributed by atoms with Crippen molar-refractivity contribution >= 4 is 36.7 Å². The number of thioether (sulfide) groups is 1. The Kier molecular flexibility index (Phi) is 6.46. The maximum atomic E-state index is 13.1. The van der Waals surface area contributed by atoms with Crippen LogP contribution in [0.3, 0.4) is 0 Å². The van der Waals surface area contributed by atoms with Crippen molar-refractivity contribution in [3.8, 4) is 11.5 Å². The predicted molar refractivity (Wildman–Crippen MR) is 129 cm³/mol. The molecular weight excluding hydrogens is 477 g/mol. The Labute approximate surface area is 202 Å². The second kappa shape index (κ2) is 9.38. The third kappa shape index (κ3) is 4.89. The normalized spacial score (nSPS) is 28.2. The maximum Gasteiger partial charge on any atom is 0.335 e. The molecule has 1 amide bonds. The van der Waals surface area contributed by atoms with Crippen molar-refractivity contribution in [3.63, 3.8) is 0 Å². The van der Waals surface area contributed by atoms with Crippen molar-refractivity contribution in [1.29, 1.82) is 0 Å². The first-order chi connectivity index (χ1) is 16.3. The Balaban J connectivity index is 1.27. The van der Waals surface area contributed by atoms with E-state index < -0.39 is 12.8 Å². The van der Waals surface area contributed by atoms with Gasteiger partial charge >= 0.3 is 7.60 Å². The lowest BCUT2D eigenvalue weighted by Crippen LogP contribution is -2.28. The van der Waals surface area contributed by atoms with Crippen molar-refractivity contribution < 1.29 is 32.7 Å². The van der Waals surface area contributed by atoms with Gasteiger partial charge in [-0.05, 0) is 48.7 Å². The van der Waals surface area contributed by atoms with E-state index in [2.05, 4.69) is 5.32 Å². The van der Waals surface area contributed by atoms with Crippen LogP contribution in [0, 0.1) is 5.92 Å². The first-order valence-electron chi connectivity index (χ1n) is 11.2. The topological polar surface area (TPSA) is 100 Å². The summed E-state index contributed by atoms with van der Waals surface area (Å²) in [5.41, 5.74) is 2.80. The van der Waals surface area contributed by atoms with Gasteiger partial charge < -0.3 is 23.8 Å². The van der Waals surface area contributed by atoms with E-state index in [-0.39, 0.29) is 35.8 Å². The van der Waals surface area contributed by atoms with Crippen LogP contribution in [0.5, 0.6) is 11.5 Å². The molecular formula is C24H26NO7PS. The van der Waals surface area contributed by atoms with E-state index in [0.717, 1.165) is 11.1 Å². The number of carbonyl (C=O) groups excluding carboxylic acids is 2. The Morgan fingerprint density at radius 2 is 1.76 bits per heavy atom. The molecule has 3 aliphatic rings. The number of fused-ring (bicyclic) bond motifs is 2. The molecule has 1 N–H and O–H groups in total. The lowest BCUT2D eigenvalue weighted by atomic mass is 9.97. The molecule has 0 aliphatic carbocycles. The molecule has 1 fully saturated rings. The van der Waals surface area contributed by atoms with Crippen molar-refractivity contribution in [2.45, 2.75) is 36.9 Å². The van der Waals surface area contributed by atoms with Crippen LogP contribution >= 0.6 is 19.4 Å². The quantitative estimate of drug-likeness (QED) is 0.602. The van der Waals surface area contributed by atoms with E-state index in [1.54, 1.807) is 24.3 Å². The minimum atomic E-state index is -3.13. The van der Waals surface area contributed by atoms with Gasteiger partial charge in [-0.3, -0.25) is 14.2 Å². The Morgan fingerprint density at radius 3 is 2.47 bits per heavy atom. The molecule has 0 radical (unpaired) electrons. The summed E-state index contributed by atoms with van der Waals surface area (Å²) in [4.78, 5) is 26.0. The summed E-state index contributed by atoms with van der Waals surface area (Å²) < 4.78 is 34.5. The highest BCUT2D eigenvalue weighted by molar-refractivity contribution is 8.02. The van der Waals surface area contributed by atoms with Gasteiger partial charge in [0.2, 0.25) is 12.7 Å². The summed E-state index contributed by atoms with van der Waals surface area (Å²) in [5, 5.41) is 2.14. The van der Waals surface area contributed by atoms with E-state index in [1.807, 2.05) is 26.0 Å². The summed E-state index contributed by atoms with van der Waals surface area (Å²) in [6, 6.07) is 10.7. The zero-order valence-corrected chi connectivity index (χ0v) is 20.7. The number of Topliss-reactive ketones (excluding diaryl/α,β-unsaturated/α-hetero) is 1. The summed E-state index contributed by atoms with van der Waals surface area (Å²) in [5.74, 6) is 1.19. The standard InChI is InChI=1S/C24H26NO7PS/c1-14-10-31-33(28,32-11-14)12-16-3-5-18(6-4-16)25-24(27)22-8-17-7-20-21(30-13-29-20)9-19(17)23(26)15(2)34-22/h3-7,9,14-15,22H,8,10-13H2,1-2H3,(H,25,27)/t14?,15-,22+,33?/m0/s1. The third-order valence-electron chi connectivity index (χ3n) is 6.01. The molecule has 180 valence electrons. The largest absolute Gasteiger partial charge is 0.454 e. The number of benzene rings is 2. The number of ketones is 1. The lowest BCUT2D eigenvalue weighted by molar-refractivity contribution is -0.115. The molecule has 2 aromatic rings. The van der Waals surface area contributed by atoms with Gasteiger partial charge in [-0.1, -0.05) is 19.1 Å². The average molecular weight is 504 g/mol. The fraction of sp³-hybridized carbons (Fsp3) is 0.417. The molecule has 2 aromatic carbocycles. The van der Waals surface area contributed by atoms with Gasteiger partial charge in [-0.25, -0.2) is 0 Å². The fourth-order valence-corrected chi connectivity index (χ4v) is 7.19. The maximum absolute atomic E-state index is 13.1. The van der Waals surface area contributed by atoms with Gasteiger partial charge in [0, 0.05) is 17.2 Å². The first kappa shape index (κ1) is 23.4. The van der Waals surface area contributed by atoms with E-state index in [9.17, 15) is 14.2 Å². The van der Waals surface area contributed by atoms with E-state index in [1.165, 1.54) is 11.8 Å². The minimum absolute atomic E-state index is 0.0191. The summed E-state index contributed by atoms with van der Waals surface area (Å²) in [6.07, 6.45) is 0.603. The molecule has 0 unspecified atom stereocenters. The molecule has 0 bridgehead atoms. The molecule has 1 saturated heterocycles. The van der Waals surface area contributed by atoms with E-state index in [0.29, 0.717) is 42.4 Å². The third-order valence-corrected chi connectivity index (χ3v) is 9.18. The number of anilines is 1. The molecule has 34 heavy (non-hydrogen) atoms. The van der Waals surface area contributed by atoms with Crippen molar-refractivity contribution in [2.24, 2.45) is 5.92 Å². The van der Waals surface area contributed by atoms with Gasteiger partial charge in [-0.2, -0.15) is 0 Å². The second-order valence-electron chi connectivity index (χ2n) is 8.85. The lowest BCUT2D eigenvalue weighted by Gasteiger charge is -2.27. The molecule has 3 heterocycles. The average Bonchev–Trinajstić information content (AvgIpc) is 3.23. The van der Waals surface area contributed by atoms with Crippen LogP contribution in [-0.4, -0.2) is 42.2 Å². The molecule has 5 rings (SSSR count). The molecule has 10 heteroatoms. The van der Waals surface area contributed by atoms with Gasteiger partial charge in [0.05, 0.1) is 29.9 Å². The number of nitrogens with one attached hydrogen (secondary N) is 1. The van der Waals surface area contributed by atoms with Crippen LogP contribution in [0.1, 0.15) is 35.3 Å². The molecule has 0 saturated carbocycles. The summed E-state index contributed by atoms with van der Waals surface area (Å²) >= 11 is 1.35. The van der Waals surface area contributed by atoms with E-state index >= 15 is 0 Å². The SMILES string of the molecule is CC1COP(=O)(Cc2ccc(NC(=O)[C@H]3Cc4cc5c(cc4C(=O)[C@H](C)S3)OCO5)cc2)OC1. The summed E-state index contributed by atoms with van der Waals surface area (Å²) in [7, 11) is -3.13. The number of carbonyl (C=O) groups is 2. The van der Waals surface area contributed by atoms with Crippen molar-refractivity contribution in [1.82, 2.24) is 0 Å². The zero-order chi connectivity index (χ0) is 23.9. The van der Waals surface area contributed by atoms with Crippen molar-refractivity contribution in [3.05, 3.63) is 53.1 Å². The number of amides is 1. The van der Waals surface area contributed by atoms with Crippen LogP contribution in [0.2, 0.25) is 0 Å². The highest BCUT2D eigenvalue weighted by Gasteiger charge is 2.34. The molecule has 0 spiro atoms. The number of rotatable bonds is 4. The van der Waals surface area contributed by atoms with Gasteiger partial charge in [0.25, 0.3) is 0 Å². The highest BCUT2D eigenvalue weighted by Crippen LogP contribution is 2.54. The Morgan fingerprint density at radius 1 is 1.09 bits per heavy atom. The van der Waals surface area contributed by atoms with Crippen LogP contribution in [0.25, 0.3) is 0 Å². The molecule has 0 aromatic heterocycles. The number of hydrogen-bond acceptors (Lipinski definition) is 8. The molecule has 8 nitrogen and oxygen atoms in total. The van der Waals surface area contributed by atoms with Crippen LogP contribution < -0.4 is 14.8 Å². The van der Waals surface area contributed by atoms with Crippen LogP contribution in [-0.2, 0) is 31.0 Å². The molecule has 2 atom stereocenters.